The van der Waals surface area contributed by atoms with Crippen LogP contribution < -0.4 is 10.9 Å². The molecule has 3 heterocycles. The van der Waals surface area contributed by atoms with E-state index in [1.54, 1.807) is 6.20 Å². The van der Waals surface area contributed by atoms with Gasteiger partial charge >= 0.3 is 0 Å². The van der Waals surface area contributed by atoms with Gasteiger partial charge in [-0.2, -0.15) is 5.10 Å². The van der Waals surface area contributed by atoms with Crippen molar-refractivity contribution in [1.29, 1.82) is 0 Å². The molecule has 31 heavy (non-hydrogen) atoms. The lowest BCUT2D eigenvalue weighted by atomic mass is 10.2. The van der Waals surface area contributed by atoms with Gasteiger partial charge in [-0.3, -0.25) is 18.7 Å². The molecule has 0 radical (unpaired) electrons. The summed E-state index contributed by atoms with van der Waals surface area (Å²) in [5.74, 6) is 0.778. The quantitative estimate of drug-likeness (QED) is 0.443. The van der Waals surface area contributed by atoms with Crippen molar-refractivity contribution in [1.82, 2.24) is 24.5 Å². The molecule has 9 heteroatoms. The molecule has 1 aromatic carbocycles. The summed E-state index contributed by atoms with van der Waals surface area (Å²) in [7, 11) is 0. The summed E-state index contributed by atoms with van der Waals surface area (Å²) in [6, 6.07) is 11.7. The van der Waals surface area contributed by atoms with Crippen molar-refractivity contribution in [2.24, 2.45) is 0 Å². The summed E-state index contributed by atoms with van der Waals surface area (Å²) in [6.45, 7) is 5.16. The number of rotatable bonds is 8. The summed E-state index contributed by atoms with van der Waals surface area (Å²) >= 11 is 2.87. The fraction of sp³-hybridized carbons (Fsp3) is 0.273. The van der Waals surface area contributed by atoms with Gasteiger partial charge in [0.15, 0.2) is 4.96 Å². The highest BCUT2D eigenvalue weighted by molar-refractivity contribution is 7.99. The molecule has 7 nitrogen and oxygen atoms in total. The Kier molecular flexibility index (Phi) is 6.53. The van der Waals surface area contributed by atoms with Crippen LogP contribution in [0.1, 0.15) is 28.2 Å². The lowest BCUT2D eigenvalue weighted by Crippen LogP contribution is -2.25. The highest BCUT2D eigenvalue weighted by atomic mass is 32.2. The van der Waals surface area contributed by atoms with Crippen molar-refractivity contribution in [2.45, 2.75) is 32.7 Å². The van der Waals surface area contributed by atoms with Gasteiger partial charge in [-0.25, -0.2) is 4.98 Å². The molecule has 1 amide bonds. The van der Waals surface area contributed by atoms with Gasteiger partial charge in [-0.15, -0.1) is 23.1 Å². The van der Waals surface area contributed by atoms with Gasteiger partial charge in [-0.1, -0.05) is 30.3 Å². The number of aryl methyl sites for hydroxylation is 1. The van der Waals surface area contributed by atoms with E-state index >= 15 is 0 Å². The molecule has 160 valence electrons. The molecule has 0 aliphatic carbocycles. The Morgan fingerprint density at radius 3 is 2.84 bits per heavy atom. The Labute approximate surface area is 188 Å². The maximum atomic E-state index is 12.3. The number of aromatic nitrogens is 4. The SMILES string of the molecule is Cc1nn(Cc2ccccc2)c(C)c1CNC(=O)CSCc1cc(=O)n2ccsc2n1. The molecule has 0 unspecified atom stereocenters. The number of hydrogen-bond donors (Lipinski definition) is 1. The van der Waals surface area contributed by atoms with Crippen molar-refractivity contribution < 1.29 is 4.79 Å². The van der Waals surface area contributed by atoms with Crippen molar-refractivity contribution >= 4 is 34.0 Å². The van der Waals surface area contributed by atoms with Gasteiger partial charge in [0.2, 0.25) is 5.91 Å². The number of carbonyl (C=O) groups is 1. The first-order valence-corrected chi connectivity index (χ1v) is 11.9. The molecule has 1 N–H and O–H groups in total. The van der Waals surface area contributed by atoms with Crippen molar-refractivity contribution in [3.63, 3.8) is 0 Å². The van der Waals surface area contributed by atoms with Crippen LogP contribution in [0.15, 0.2) is 52.8 Å². The van der Waals surface area contributed by atoms with E-state index in [1.165, 1.54) is 39.1 Å². The van der Waals surface area contributed by atoms with Crippen LogP contribution in [0.5, 0.6) is 0 Å². The predicted molar refractivity (Wildman–Crippen MR) is 125 cm³/mol. The largest absolute Gasteiger partial charge is 0.351 e. The number of thioether (sulfide) groups is 1. The third-order valence-electron chi connectivity index (χ3n) is 5.01. The second-order valence-corrected chi connectivity index (χ2v) is 9.06. The van der Waals surface area contributed by atoms with E-state index in [4.69, 9.17) is 0 Å². The first kappa shape index (κ1) is 21.3. The standard InChI is InChI=1S/C22H23N5O2S2/c1-15-19(16(2)27(25-15)12-17-6-4-3-5-7-17)11-23-20(28)14-30-13-18-10-21(29)26-8-9-31-22(26)24-18/h3-10H,11-14H2,1-2H3,(H,23,28). The molecule has 0 aliphatic rings. The van der Waals surface area contributed by atoms with Crippen LogP contribution in [0.2, 0.25) is 0 Å². The van der Waals surface area contributed by atoms with Gasteiger partial charge in [0, 0.05) is 41.2 Å². The number of amides is 1. The fourth-order valence-electron chi connectivity index (χ4n) is 3.35. The minimum absolute atomic E-state index is 0.0477. The molecule has 0 saturated heterocycles. The van der Waals surface area contributed by atoms with Crippen LogP contribution in [0, 0.1) is 13.8 Å². The number of nitrogens with zero attached hydrogens (tertiary/aromatic N) is 4. The lowest BCUT2D eigenvalue weighted by molar-refractivity contribution is -0.118. The fourth-order valence-corrected chi connectivity index (χ4v) is 4.83. The highest BCUT2D eigenvalue weighted by Crippen LogP contribution is 2.16. The molecule has 0 aliphatic heterocycles. The van der Waals surface area contributed by atoms with E-state index in [0.29, 0.717) is 35.3 Å². The maximum Gasteiger partial charge on any atom is 0.258 e. The van der Waals surface area contributed by atoms with E-state index in [9.17, 15) is 9.59 Å². The molecular formula is C22H23N5O2S2. The third-order valence-corrected chi connectivity index (χ3v) is 6.73. The number of fused-ring (bicyclic) bond motifs is 1. The number of carbonyl (C=O) groups excluding carboxylic acids is 1. The van der Waals surface area contributed by atoms with Crippen LogP contribution in [0.25, 0.3) is 4.96 Å². The average molecular weight is 454 g/mol. The van der Waals surface area contributed by atoms with Gasteiger partial charge < -0.3 is 5.32 Å². The second kappa shape index (κ2) is 9.49. The smallest absolute Gasteiger partial charge is 0.258 e. The number of hydrogen-bond acceptors (Lipinski definition) is 6. The zero-order valence-electron chi connectivity index (χ0n) is 17.4. The van der Waals surface area contributed by atoms with Gasteiger partial charge in [0.25, 0.3) is 5.56 Å². The topological polar surface area (TPSA) is 81.3 Å². The zero-order valence-corrected chi connectivity index (χ0v) is 19.0. The molecule has 4 aromatic rings. The Balaban J connectivity index is 1.30. The first-order chi connectivity index (χ1) is 15.0. The molecule has 4 rings (SSSR count). The Morgan fingerprint density at radius 2 is 2.03 bits per heavy atom. The lowest BCUT2D eigenvalue weighted by Gasteiger charge is -2.07. The van der Waals surface area contributed by atoms with E-state index in [2.05, 4.69) is 27.5 Å². The van der Waals surface area contributed by atoms with Crippen molar-refractivity contribution in [3.05, 3.63) is 86.5 Å². The van der Waals surface area contributed by atoms with Gasteiger partial charge in [-0.05, 0) is 19.4 Å². The molecule has 0 atom stereocenters. The Morgan fingerprint density at radius 1 is 1.23 bits per heavy atom. The monoisotopic (exact) mass is 453 g/mol. The number of thiazole rings is 1. The van der Waals surface area contributed by atoms with Crippen LogP contribution in [-0.2, 0) is 23.6 Å². The average Bonchev–Trinajstić information content (AvgIpc) is 3.32. The summed E-state index contributed by atoms with van der Waals surface area (Å²) in [4.78, 5) is 29.5. The zero-order chi connectivity index (χ0) is 21.8. The van der Waals surface area contributed by atoms with Crippen LogP contribution >= 0.6 is 23.1 Å². The van der Waals surface area contributed by atoms with Crippen molar-refractivity contribution in [2.75, 3.05) is 5.75 Å². The second-order valence-electron chi connectivity index (χ2n) is 7.20. The van der Waals surface area contributed by atoms with E-state index in [-0.39, 0.29) is 11.5 Å². The van der Waals surface area contributed by atoms with Crippen molar-refractivity contribution in [3.8, 4) is 0 Å². The minimum Gasteiger partial charge on any atom is -0.351 e. The minimum atomic E-state index is -0.0928. The summed E-state index contributed by atoms with van der Waals surface area (Å²) in [5.41, 5.74) is 4.82. The summed E-state index contributed by atoms with van der Waals surface area (Å²) in [5, 5.41) is 9.45. The van der Waals surface area contributed by atoms with Gasteiger partial charge in [0.1, 0.15) is 0 Å². The van der Waals surface area contributed by atoms with Crippen LogP contribution in [0.3, 0.4) is 0 Å². The summed E-state index contributed by atoms with van der Waals surface area (Å²) in [6.07, 6.45) is 1.71. The number of benzene rings is 1. The molecule has 0 fully saturated rings. The van der Waals surface area contributed by atoms with E-state index < -0.39 is 0 Å². The van der Waals surface area contributed by atoms with Gasteiger partial charge in [0.05, 0.1) is 23.7 Å². The Hall–Kier alpha value is -2.91. The number of nitrogens with one attached hydrogen (secondary N) is 1. The molecule has 0 spiro atoms. The molecule has 0 bridgehead atoms. The Bertz CT molecular complexity index is 1260. The van der Waals surface area contributed by atoms with E-state index in [1.807, 2.05) is 42.1 Å². The molecule has 0 saturated carbocycles. The summed E-state index contributed by atoms with van der Waals surface area (Å²) < 4.78 is 3.50. The highest BCUT2D eigenvalue weighted by Gasteiger charge is 2.13. The third kappa shape index (κ3) is 5.05. The molecule has 3 aromatic heterocycles. The van der Waals surface area contributed by atoms with Crippen LogP contribution in [-0.4, -0.2) is 30.8 Å². The maximum absolute atomic E-state index is 12.3. The molecular weight excluding hydrogens is 430 g/mol. The first-order valence-electron chi connectivity index (χ1n) is 9.88. The predicted octanol–water partition coefficient (Wildman–Crippen LogP) is 3.17. The normalized spacial score (nSPS) is 11.2. The van der Waals surface area contributed by atoms with E-state index in [0.717, 1.165) is 17.0 Å². The van der Waals surface area contributed by atoms with Crippen LogP contribution in [0.4, 0.5) is 0 Å².